The largest absolute Gasteiger partial charge is 0.478 e. The van der Waals surface area contributed by atoms with Crippen LogP contribution in [0, 0.1) is 0 Å². The van der Waals surface area contributed by atoms with E-state index in [2.05, 4.69) is 39.2 Å². The second kappa shape index (κ2) is 18.5. The van der Waals surface area contributed by atoms with Gasteiger partial charge in [-0.1, -0.05) is 25.3 Å². The van der Waals surface area contributed by atoms with Crippen molar-refractivity contribution >= 4 is 29.7 Å². The van der Waals surface area contributed by atoms with Gasteiger partial charge in [-0.2, -0.15) is 0 Å². The van der Waals surface area contributed by atoms with Gasteiger partial charge in [0.25, 0.3) is 0 Å². The molecule has 1 unspecified atom stereocenters. The Bertz CT molecular complexity index is 858. The van der Waals surface area contributed by atoms with Crippen molar-refractivity contribution in [2.45, 2.75) is 51.1 Å². The molecule has 38 heavy (non-hydrogen) atoms. The molecule has 12 heteroatoms. The van der Waals surface area contributed by atoms with E-state index in [0.717, 1.165) is 44.6 Å². The van der Waals surface area contributed by atoms with Crippen molar-refractivity contribution < 1.29 is 39.6 Å². The van der Waals surface area contributed by atoms with E-state index >= 15 is 0 Å². The molecule has 0 spiro atoms. The Balaban J connectivity index is 0.000000374. The minimum atomic E-state index is -1.26. The number of carbonyl (C=O) groups is 4. The summed E-state index contributed by atoms with van der Waals surface area (Å²) in [6.45, 7) is 7.96. The second-order valence-electron chi connectivity index (χ2n) is 8.82. The van der Waals surface area contributed by atoms with E-state index < -0.39 is 23.9 Å². The smallest absolute Gasteiger partial charge is 0.328 e. The summed E-state index contributed by atoms with van der Waals surface area (Å²) in [6, 6.07) is 7.58. The molecule has 210 valence electrons. The highest BCUT2D eigenvalue weighted by Crippen LogP contribution is 2.18. The van der Waals surface area contributed by atoms with E-state index in [0.29, 0.717) is 30.3 Å². The molecule has 0 amide bonds. The Morgan fingerprint density at radius 3 is 1.79 bits per heavy atom. The zero-order valence-electron chi connectivity index (χ0n) is 21.6. The Hall–Kier alpha value is -3.77. The van der Waals surface area contributed by atoms with Crippen LogP contribution in [0.1, 0.15) is 39.0 Å². The van der Waals surface area contributed by atoms with E-state index in [4.69, 9.17) is 20.4 Å². The Morgan fingerprint density at radius 2 is 1.37 bits per heavy atom. The van der Waals surface area contributed by atoms with Crippen molar-refractivity contribution in [2.75, 3.05) is 37.6 Å². The van der Waals surface area contributed by atoms with Crippen LogP contribution in [0.5, 0.6) is 0 Å². The quantitative estimate of drug-likeness (QED) is 0.291. The SMILES string of the molecule is CC(CNC1CCCCC1)N1CCN(c2ccccn2)CC1.O=C(O)/C=C\C(=O)O.O=C(O)/C=C\C(=O)O. The van der Waals surface area contributed by atoms with Crippen LogP contribution in [0.3, 0.4) is 0 Å². The summed E-state index contributed by atoms with van der Waals surface area (Å²) in [7, 11) is 0. The number of hydrogen-bond acceptors (Lipinski definition) is 8. The van der Waals surface area contributed by atoms with Gasteiger partial charge in [0.15, 0.2) is 0 Å². The topological polar surface area (TPSA) is 181 Å². The van der Waals surface area contributed by atoms with E-state index in [1.165, 1.54) is 32.1 Å². The first-order valence-corrected chi connectivity index (χ1v) is 12.5. The minimum absolute atomic E-state index is 0.558. The first-order chi connectivity index (χ1) is 18.1. The summed E-state index contributed by atoms with van der Waals surface area (Å²) in [4.78, 5) is 47.7. The fourth-order valence-corrected chi connectivity index (χ4v) is 3.99. The molecule has 0 aromatic carbocycles. The zero-order valence-corrected chi connectivity index (χ0v) is 21.6. The fourth-order valence-electron chi connectivity index (χ4n) is 3.99. The van der Waals surface area contributed by atoms with Crippen molar-refractivity contribution in [1.29, 1.82) is 0 Å². The summed E-state index contributed by atoms with van der Waals surface area (Å²) in [5.74, 6) is -3.91. The number of nitrogens with zero attached hydrogens (tertiary/aromatic N) is 3. The predicted molar refractivity (Wildman–Crippen MR) is 141 cm³/mol. The van der Waals surface area contributed by atoms with Crippen LogP contribution in [0.2, 0.25) is 0 Å². The predicted octanol–water partition coefficient (Wildman–Crippen LogP) is 1.94. The molecular weight excluding hydrogens is 496 g/mol. The molecular formula is C26H38N4O8. The normalized spacial score (nSPS) is 17.1. The molecule has 0 radical (unpaired) electrons. The van der Waals surface area contributed by atoms with Crippen molar-refractivity contribution in [1.82, 2.24) is 15.2 Å². The number of pyridine rings is 1. The van der Waals surface area contributed by atoms with Gasteiger partial charge in [-0.05, 0) is 31.9 Å². The molecule has 2 heterocycles. The number of carboxylic acid groups (broad SMARTS) is 4. The summed E-state index contributed by atoms with van der Waals surface area (Å²) in [5, 5.41) is 35.0. The molecule has 1 saturated heterocycles. The van der Waals surface area contributed by atoms with Gasteiger partial charge in [-0.25, -0.2) is 24.2 Å². The molecule has 1 saturated carbocycles. The van der Waals surface area contributed by atoms with Gasteiger partial charge in [0.05, 0.1) is 0 Å². The molecule has 1 aliphatic heterocycles. The maximum Gasteiger partial charge on any atom is 0.328 e. The molecule has 5 N–H and O–H groups in total. The monoisotopic (exact) mass is 534 g/mol. The van der Waals surface area contributed by atoms with Crippen LogP contribution >= 0.6 is 0 Å². The highest BCUT2D eigenvalue weighted by molar-refractivity contribution is 5.90. The average Bonchev–Trinajstić information content (AvgIpc) is 2.91. The summed E-state index contributed by atoms with van der Waals surface area (Å²) in [6.07, 6.45) is 11.1. The Labute approximate surface area is 222 Å². The second-order valence-corrected chi connectivity index (χ2v) is 8.82. The van der Waals surface area contributed by atoms with E-state index in [1.54, 1.807) is 0 Å². The molecule has 1 aromatic rings. The maximum atomic E-state index is 9.55. The number of rotatable bonds is 9. The van der Waals surface area contributed by atoms with Crippen LogP contribution in [0.25, 0.3) is 0 Å². The van der Waals surface area contributed by atoms with E-state index in [1.807, 2.05) is 12.3 Å². The van der Waals surface area contributed by atoms with Crippen molar-refractivity contribution in [3.05, 3.63) is 48.7 Å². The van der Waals surface area contributed by atoms with Gasteiger partial charge in [0.2, 0.25) is 0 Å². The number of anilines is 1. The lowest BCUT2D eigenvalue weighted by Gasteiger charge is -2.39. The lowest BCUT2D eigenvalue weighted by molar-refractivity contribution is -0.134. The summed E-state index contributed by atoms with van der Waals surface area (Å²) >= 11 is 0. The Kier molecular flexibility index (Phi) is 15.7. The Morgan fingerprint density at radius 1 is 0.868 bits per heavy atom. The van der Waals surface area contributed by atoms with Crippen LogP contribution in [0.4, 0.5) is 5.82 Å². The third-order valence-corrected chi connectivity index (χ3v) is 5.95. The summed E-state index contributed by atoms with van der Waals surface area (Å²) in [5.41, 5.74) is 0. The van der Waals surface area contributed by atoms with Crippen molar-refractivity contribution in [3.8, 4) is 0 Å². The van der Waals surface area contributed by atoms with Gasteiger partial charge in [0.1, 0.15) is 5.82 Å². The van der Waals surface area contributed by atoms with Gasteiger partial charge < -0.3 is 30.6 Å². The molecule has 1 atom stereocenters. The lowest BCUT2D eigenvalue weighted by Crippen LogP contribution is -2.53. The van der Waals surface area contributed by atoms with Gasteiger partial charge in [0, 0.05) is 75.3 Å². The minimum Gasteiger partial charge on any atom is -0.478 e. The maximum absolute atomic E-state index is 9.55. The number of hydrogen-bond donors (Lipinski definition) is 5. The molecule has 2 fully saturated rings. The fraction of sp³-hybridized carbons (Fsp3) is 0.500. The zero-order chi connectivity index (χ0) is 28.3. The first kappa shape index (κ1) is 32.3. The molecule has 0 bridgehead atoms. The lowest BCUT2D eigenvalue weighted by atomic mass is 9.95. The highest BCUT2D eigenvalue weighted by atomic mass is 16.4. The number of aliphatic carboxylic acids is 4. The van der Waals surface area contributed by atoms with Gasteiger partial charge in [-0.3, -0.25) is 4.90 Å². The number of piperazine rings is 1. The first-order valence-electron chi connectivity index (χ1n) is 12.5. The van der Waals surface area contributed by atoms with Crippen molar-refractivity contribution in [3.63, 3.8) is 0 Å². The summed E-state index contributed by atoms with van der Waals surface area (Å²) < 4.78 is 0. The van der Waals surface area contributed by atoms with E-state index in [9.17, 15) is 19.2 Å². The van der Waals surface area contributed by atoms with Gasteiger partial charge in [-0.15, -0.1) is 0 Å². The third-order valence-electron chi connectivity index (χ3n) is 5.95. The molecule has 1 aromatic heterocycles. The van der Waals surface area contributed by atoms with Crippen LogP contribution in [0.15, 0.2) is 48.7 Å². The van der Waals surface area contributed by atoms with E-state index in [-0.39, 0.29) is 0 Å². The van der Waals surface area contributed by atoms with Crippen LogP contribution < -0.4 is 10.2 Å². The third kappa shape index (κ3) is 15.4. The van der Waals surface area contributed by atoms with Crippen molar-refractivity contribution in [2.24, 2.45) is 0 Å². The standard InChI is InChI=1S/C18H30N4.2C4H4O4/c1-16(15-20-17-7-3-2-4-8-17)21-11-13-22(14-12-21)18-9-5-6-10-19-18;2*5-3(6)1-2-4(7)8/h5-6,9-10,16-17,20H,2-4,7-8,11-15H2,1H3;2*1-2H,(H,5,6)(H,7,8)/b;2*2-1-. The highest BCUT2D eigenvalue weighted by Gasteiger charge is 2.22. The number of carboxylic acids is 4. The number of aromatic nitrogens is 1. The van der Waals surface area contributed by atoms with Gasteiger partial charge >= 0.3 is 23.9 Å². The molecule has 12 nitrogen and oxygen atoms in total. The molecule has 2 aliphatic rings. The molecule has 1 aliphatic carbocycles. The average molecular weight is 535 g/mol. The van der Waals surface area contributed by atoms with Crippen LogP contribution in [-0.2, 0) is 19.2 Å². The molecule has 3 rings (SSSR count). The number of nitrogens with one attached hydrogen (secondary N) is 1. The van der Waals surface area contributed by atoms with Crippen LogP contribution in [-0.4, -0.2) is 99.0 Å².